The van der Waals surface area contributed by atoms with E-state index in [1.807, 2.05) is 0 Å². The van der Waals surface area contributed by atoms with E-state index in [0.717, 1.165) is 12.1 Å². The Balaban J connectivity index is 0.00000324. The average molecular weight is 533 g/mol. The van der Waals surface area contributed by atoms with E-state index in [0.29, 0.717) is 28.7 Å². The SMILES string of the molecule is O=S(=O)([O-])c1cc(S(=O)(=O)O)c2c(Nc3ccnc4ccccc34)ccc(S(=O)(=O)O)c2c1.[Na+]. The van der Waals surface area contributed by atoms with Crippen LogP contribution < -0.4 is 34.9 Å². The quantitative estimate of drug-likeness (QED) is 0.222. The molecule has 3 N–H and O–H groups in total. The number of hydrogen-bond donors (Lipinski definition) is 3. The maximum absolute atomic E-state index is 12.1. The van der Waals surface area contributed by atoms with Gasteiger partial charge in [0.05, 0.1) is 10.4 Å². The zero-order chi connectivity index (χ0) is 24.2. The number of benzene rings is 3. The van der Waals surface area contributed by atoms with Gasteiger partial charge in [0.25, 0.3) is 20.2 Å². The van der Waals surface area contributed by atoms with Crippen molar-refractivity contribution in [2.45, 2.75) is 14.7 Å². The molecular weight excluding hydrogens is 519 g/mol. The molecule has 0 aliphatic carbocycles. The maximum atomic E-state index is 12.1. The van der Waals surface area contributed by atoms with E-state index in [2.05, 4.69) is 10.3 Å². The number of pyridine rings is 1. The number of anilines is 2. The first-order chi connectivity index (χ1) is 15.3. The van der Waals surface area contributed by atoms with Gasteiger partial charge < -0.3 is 9.87 Å². The van der Waals surface area contributed by atoms with Crippen molar-refractivity contribution in [1.82, 2.24) is 4.98 Å². The van der Waals surface area contributed by atoms with Gasteiger partial charge in [0.15, 0.2) is 0 Å². The summed E-state index contributed by atoms with van der Waals surface area (Å²) in [5, 5.41) is 2.47. The predicted octanol–water partition coefficient (Wildman–Crippen LogP) is -0.467. The van der Waals surface area contributed by atoms with Crippen molar-refractivity contribution in [3.63, 3.8) is 0 Å². The van der Waals surface area contributed by atoms with Crippen LogP contribution in [0.15, 0.2) is 75.5 Å². The molecule has 172 valence electrons. The van der Waals surface area contributed by atoms with Gasteiger partial charge in [-0.25, -0.2) is 8.42 Å². The van der Waals surface area contributed by atoms with Crippen LogP contribution in [-0.4, -0.2) is 43.9 Å². The molecule has 3 aromatic carbocycles. The van der Waals surface area contributed by atoms with Crippen molar-refractivity contribution in [2.24, 2.45) is 0 Å². The van der Waals surface area contributed by atoms with Gasteiger partial charge in [-0.05, 0) is 36.4 Å². The zero-order valence-electron chi connectivity index (χ0n) is 17.2. The normalized spacial score (nSPS) is 12.4. The summed E-state index contributed by atoms with van der Waals surface area (Å²) in [6.07, 6.45) is 1.46. The molecule has 34 heavy (non-hydrogen) atoms. The molecule has 1 heterocycles. The Labute approximate surface area is 216 Å². The van der Waals surface area contributed by atoms with E-state index in [1.165, 1.54) is 6.20 Å². The number of fused-ring (bicyclic) bond motifs is 2. The fraction of sp³-hybridized carbons (Fsp3) is 0. The van der Waals surface area contributed by atoms with Crippen LogP contribution >= 0.6 is 0 Å². The van der Waals surface area contributed by atoms with Gasteiger partial charge >= 0.3 is 29.6 Å². The molecule has 4 aromatic rings. The third-order valence-electron chi connectivity index (χ3n) is 4.77. The van der Waals surface area contributed by atoms with Gasteiger partial charge in [-0.1, -0.05) is 18.2 Å². The van der Waals surface area contributed by atoms with E-state index in [-0.39, 0.29) is 35.2 Å². The van der Waals surface area contributed by atoms with Crippen LogP contribution in [0.2, 0.25) is 0 Å². The Hall–Kier alpha value is -2.14. The van der Waals surface area contributed by atoms with Gasteiger partial charge in [-0.3, -0.25) is 14.1 Å². The van der Waals surface area contributed by atoms with Crippen LogP contribution in [-0.2, 0) is 30.4 Å². The van der Waals surface area contributed by atoms with Gasteiger partial charge in [-0.15, -0.1) is 0 Å². The summed E-state index contributed by atoms with van der Waals surface area (Å²) in [5.41, 5.74) is 0.940. The molecule has 15 heteroatoms. The fourth-order valence-corrected chi connectivity index (χ4v) is 5.45. The van der Waals surface area contributed by atoms with Crippen molar-refractivity contribution in [3.05, 3.63) is 60.8 Å². The van der Waals surface area contributed by atoms with E-state index < -0.39 is 55.8 Å². The van der Waals surface area contributed by atoms with E-state index in [4.69, 9.17) is 0 Å². The summed E-state index contributed by atoms with van der Waals surface area (Å²) in [6, 6.07) is 11.5. The number of nitrogens with one attached hydrogen (secondary N) is 1. The summed E-state index contributed by atoms with van der Waals surface area (Å²) in [7, 11) is -15.4. The Morgan fingerprint density at radius 3 is 2.03 bits per heavy atom. The van der Waals surface area contributed by atoms with Crippen LogP contribution in [0, 0.1) is 0 Å². The summed E-state index contributed by atoms with van der Waals surface area (Å²) in [5.74, 6) is 0. The molecule has 0 saturated carbocycles. The van der Waals surface area contributed by atoms with E-state index >= 15 is 0 Å². The van der Waals surface area contributed by atoms with Gasteiger partial charge in [0, 0.05) is 33.7 Å². The van der Waals surface area contributed by atoms with Crippen molar-refractivity contribution >= 4 is 63.4 Å². The molecule has 1 aromatic heterocycles. The van der Waals surface area contributed by atoms with Crippen molar-refractivity contribution in [1.29, 1.82) is 0 Å². The minimum Gasteiger partial charge on any atom is -0.744 e. The molecular formula is C19H13N2NaO9S3. The van der Waals surface area contributed by atoms with Crippen LogP contribution in [0.4, 0.5) is 11.4 Å². The fourth-order valence-electron chi connectivity index (χ4n) is 3.42. The minimum absolute atomic E-state index is 0. The van der Waals surface area contributed by atoms with E-state index in [9.17, 15) is 38.9 Å². The number of para-hydroxylation sites is 1. The van der Waals surface area contributed by atoms with Gasteiger partial charge in [-0.2, -0.15) is 16.8 Å². The zero-order valence-corrected chi connectivity index (χ0v) is 21.6. The summed E-state index contributed by atoms with van der Waals surface area (Å²) in [4.78, 5) is 1.18. The van der Waals surface area contributed by atoms with Gasteiger partial charge in [0.1, 0.15) is 19.9 Å². The minimum atomic E-state index is -5.27. The van der Waals surface area contributed by atoms with Crippen LogP contribution in [0.5, 0.6) is 0 Å². The van der Waals surface area contributed by atoms with Crippen molar-refractivity contribution < 1.29 is 68.5 Å². The molecule has 0 bridgehead atoms. The van der Waals surface area contributed by atoms with Gasteiger partial charge in [0.2, 0.25) is 0 Å². The third-order valence-corrected chi connectivity index (χ3v) is 7.38. The largest absolute Gasteiger partial charge is 1.00 e. The molecule has 0 radical (unpaired) electrons. The first-order valence-electron chi connectivity index (χ1n) is 8.89. The second-order valence-corrected chi connectivity index (χ2v) is 11.0. The molecule has 0 unspecified atom stereocenters. The Morgan fingerprint density at radius 1 is 0.765 bits per heavy atom. The molecule has 11 nitrogen and oxygen atoms in total. The molecule has 0 spiro atoms. The average Bonchev–Trinajstić information content (AvgIpc) is 2.71. The summed E-state index contributed by atoms with van der Waals surface area (Å²) in [6.45, 7) is 0. The maximum Gasteiger partial charge on any atom is 1.00 e. The van der Waals surface area contributed by atoms with E-state index in [1.54, 1.807) is 30.3 Å². The summed E-state index contributed by atoms with van der Waals surface area (Å²) < 4.78 is 102. The molecule has 0 aliphatic rings. The smallest absolute Gasteiger partial charge is 0.744 e. The molecule has 0 saturated heterocycles. The van der Waals surface area contributed by atoms with Crippen LogP contribution in [0.3, 0.4) is 0 Å². The monoisotopic (exact) mass is 532 g/mol. The summed E-state index contributed by atoms with van der Waals surface area (Å²) >= 11 is 0. The first kappa shape index (κ1) is 26.5. The second-order valence-electron chi connectivity index (χ2n) is 6.86. The van der Waals surface area contributed by atoms with Crippen molar-refractivity contribution in [3.8, 4) is 0 Å². The second kappa shape index (κ2) is 9.14. The molecule has 0 fully saturated rings. The standard InChI is InChI=1S/C19H14N2O9S3.Na/c22-31(23,24)11-9-13-17(32(25,26)27)6-5-16(19(13)18(10-11)33(28,29)30)21-15-7-8-20-14-4-2-1-3-12(14)15;/h1-10H,(H,20,21)(H,22,23,24)(H,25,26,27)(H,28,29,30);/q;+1/p-1. The first-order valence-corrected chi connectivity index (χ1v) is 13.2. The third kappa shape index (κ3) is 5.10. The Bertz CT molecular complexity index is 1770. The molecule has 0 atom stereocenters. The number of hydrogen-bond acceptors (Lipinski definition) is 9. The molecule has 4 rings (SSSR count). The molecule has 0 amide bonds. The number of rotatable bonds is 5. The Morgan fingerprint density at radius 2 is 1.41 bits per heavy atom. The number of aromatic nitrogens is 1. The predicted molar refractivity (Wildman–Crippen MR) is 117 cm³/mol. The van der Waals surface area contributed by atoms with Crippen molar-refractivity contribution in [2.75, 3.05) is 5.32 Å². The van der Waals surface area contributed by atoms with Crippen LogP contribution in [0.25, 0.3) is 21.7 Å². The number of nitrogens with zero attached hydrogens (tertiary/aromatic N) is 1. The Kier molecular flexibility index (Phi) is 7.12. The topological polar surface area (TPSA) is 191 Å². The van der Waals surface area contributed by atoms with Crippen LogP contribution in [0.1, 0.15) is 0 Å². The molecule has 0 aliphatic heterocycles.